The number of nitrogens with one attached hydrogen (secondary N) is 1. The fourth-order valence-corrected chi connectivity index (χ4v) is 2.33. The molecule has 1 amide bonds. The van der Waals surface area contributed by atoms with Crippen LogP contribution < -0.4 is 10.1 Å². The highest BCUT2D eigenvalue weighted by Gasteiger charge is 2.15. The fraction of sp³-hybridized carbons (Fsp3) is 0.278. The Kier molecular flexibility index (Phi) is 6.11. The molecule has 0 aliphatic carbocycles. The second kappa shape index (κ2) is 8.28. The molecule has 1 aromatic heterocycles. The Morgan fingerprint density at radius 1 is 1.23 bits per heavy atom. The summed E-state index contributed by atoms with van der Waals surface area (Å²) in [6, 6.07) is 5.18. The Balaban J connectivity index is 1.84. The van der Waals surface area contributed by atoms with Gasteiger partial charge in [-0.05, 0) is 31.2 Å². The number of ketones is 1. The van der Waals surface area contributed by atoms with Gasteiger partial charge in [0.2, 0.25) is 5.91 Å². The van der Waals surface area contributed by atoms with Gasteiger partial charge < -0.3 is 19.6 Å². The molecule has 0 atom stereocenters. The number of benzene rings is 1. The summed E-state index contributed by atoms with van der Waals surface area (Å²) in [5.41, 5.74) is 0.190. The highest BCUT2D eigenvalue weighted by Crippen LogP contribution is 2.19. The average molecular weight is 363 g/mol. The Morgan fingerprint density at radius 2 is 1.96 bits per heavy atom. The maximum atomic E-state index is 13.6. The quantitative estimate of drug-likeness (QED) is 0.699. The van der Waals surface area contributed by atoms with Crippen molar-refractivity contribution in [2.24, 2.45) is 0 Å². The number of rotatable bonds is 8. The van der Waals surface area contributed by atoms with E-state index in [1.807, 2.05) is 0 Å². The SMILES string of the molecule is COc1ccc(C(=O)CCC(=O)NCc2cc(C(=O)O)c(C)o2)cc1F. The van der Waals surface area contributed by atoms with Crippen LogP contribution >= 0.6 is 0 Å². The van der Waals surface area contributed by atoms with E-state index < -0.39 is 17.7 Å². The third-order valence-corrected chi connectivity index (χ3v) is 3.71. The molecule has 2 rings (SSSR count). The smallest absolute Gasteiger partial charge is 0.339 e. The van der Waals surface area contributed by atoms with Gasteiger partial charge in [0.15, 0.2) is 17.3 Å². The predicted octanol–water partition coefficient (Wildman–Crippen LogP) is 2.71. The molecule has 0 bridgehead atoms. The lowest BCUT2D eigenvalue weighted by Gasteiger charge is -2.05. The number of ether oxygens (including phenoxy) is 1. The van der Waals surface area contributed by atoms with E-state index in [-0.39, 0.29) is 47.8 Å². The number of aromatic carboxylic acids is 1. The van der Waals surface area contributed by atoms with Crippen molar-refractivity contribution in [3.8, 4) is 5.75 Å². The van der Waals surface area contributed by atoms with Crippen LogP contribution in [0.15, 0.2) is 28.7 Å². The minimum atomic E-state index is -1.11. The van der Waals surface area contributed by atoms with Crippen LogP contribution in [-0.2, 0) is 11.3 Å². The molecule has 0 saturated carbocycles. The summed E-state index contributed by atoms with van der Waals surface area (Å²) in [4.78, 5) is 34.8. The number of carboxylic acids is 1. The predicted molar refractivity (Wildman–Crippen MR) is 88.8 cm³/mol. The maximum Gasteiger partial charge on any atom is 0.339 e. The molecule has 0 fully saturated rings. The molecule has 2 N–H and O–H groups in total. The van der Waals surface area contributed by atoms with Gasteiger partial charge in [-0.3, -0.25) is 9.59 Å². The second-order valence-corrected chi connectivity index (χ2v) is 5.54. The number of carbonyl (C=O) groups is 3. The van der Waals surface area contributed by atoms with Gasteiger partial charge in [-0.15, -0.1) is 0 Å². The van der Waals surface area contributed by atoms with Gasteiger partial charge in [-0.1, -0.05) is 0 Å². The molecule has 0 saturated heterocycles. The number of Topliss-reactive ketones (excluding diaryl/α,β-unsaturated/α-hetero) is 1. The topological polar surface area (TPSA) is 106 Å². The maximum absolute atomic E-state index is 13.6. The second-order valence-electron chi connectivity index (χ2n) is 5.54. The van der Waals surface area contributed by atoms with E-state index >= 15 is 0 Å². The lowest BCUT2D eigenvalue weighted by Crippen LogP contribution is -2.23. The Hall–Kier alpha value is -3.16. The van der Waals surface area contributed by atoms with Crippen LogP contribution in [-0.4, -0.2) is 29.9 Å². The number of amides is 1. The van der Waals surface area contributed by atoms with E-state index in [0.717, 1.165) is 6.07 Å². The van der Waals surface area contributed by atoms with Crippen LogP contribution in [0.1, 0.15) is 45.1 Å². The first-order valence-corrected chi connectivity index (χ1v) is 7.78. The monoisotopic (exact) mass is 363 g/mol. The Bertz CT molecular complexity index is 842. The zero-order chi connectivity index (χ0) is 19.3. The zero-order valence-electron chi connectivity index (χ0n) is 14.3. The minimum absolute atomic E-state index is 0.0122. The van der Waals surface area contributed by atoms with E-state index in [4.69, 9.17) is 14.3 Å². The number of carbonyl (C=O) groups excluding carboxylic acids is 2. The summed E-state index contributed by atoms with van der Waals surface area (Å²) in [5, 5.41) is 11.5. The molecule has 0 unspecified atom stereocenters. The van der Waals surface area contributed by atoms with Crippen LogP contribution in [0, 0.1) is 12.7 Å². The third kappa shape index (κ3) is 4.69. The summed E-state index contributed by atoms with van der Waals surface area (Å²) in [6.45, 7) is 1.53. The molecule has 1 aromatic carbocycles. The molecular formula is C18H18FNO6. The molecule has 0 aliphatic rings. The van der Waals surface area contributed by atoms with Crippen molar-refractivity contribution in [2.75, 3.05) is 7.11 Å². The molecule has 0 radical (unpaired) electrons. The molecule has 26 heavy (non-hydrogen) atoms. The fourth-order valence-electron chi connectivity index (χ4n) is 2.33. The summed E-state index contributed by atoms with van der Waals surface area (Å²) >= 11 is 0. The van der Waals surface area contributed by atoms with E-state index in [9.17, 15) is 18.8 Å². The number of furan rings is 1. The lowest BCUT2D eigenvalue weighted by atomic mass is 10.1. The van der Waals surface area contributed by atoms with Crippen molar-refractivity contribution >= 4 is 17.7 Å². The van der Waals surface area contributed by atoms with Crippen molar-refractivity contribution in [3.05, 3.63) is 52.7 Å². The highest BCUT2D eigenvalue weighted by molar-refractivity contribution is 5.98. The Morgan fingerprint density at radius 3 is 2.54 bits per heavy atom. The Labute approximate surface area is 148 Å². The van der Waals surface area contributed by atoms with Gasteiger partial charge in [-0.25, -0.2) is 9.18 Å². The van der Waals surface area contributed by atoms with Gasteiger partial charge in [0.05, 0.1) is 13.7 Å². The van der Waals surface area contributed by atoms with Crippen molar-refractivity contribution in [1.82, 2.24) is 5.32 Å². The minimum Gasteiger partial charge on any atom is -0.494 e. The highest BCUT2D eigenvalue weighted by atomic mass is 19.1. The molecule has 8 heteroatoms. The molecular weight excluding hydrogens is 345 g/mol. The van der Waals surface area contributed by atoms with Crippen LogP contribution in [0.5, 0.6) is 5.75 Å². The van der Waals surface area contributed by atoms with Gasteiger partial charge in [-0.2, -0.15) is 0 Å². The van der Waals surface area contributed by atoms with E-state index in [2.05, 4.69) is 5.32 Å². The average Bonchev–Trinajstić information content (AvgIpc) is 2.98. The third-order valence-electron chi connectivity index (χ3n) is 3.71. The molecule has 0 aliphatic heterocycles. The normalized spacial score (nSPS) is 10.4. The number of halogens is 1. The van der Waals surface area contributed by atoms with Crippen molar-refractivity contribution < 1.29 is 33.0 Å². The summed E-state index contributed by atoms with van der Waals surface area (Å²) in [6.07, 6.45) is -0.173. The number of aryl methyl sites for hydroxylation is 1. The van der Waals surface area contributed by atoms with Crippen LogP contribution in [0.25, 0.3) is 0 Å². The molecule has 7 nitrogen and oxygen atoms in total. The van der Waals surface area contributed by atoms with Crippen molar-refractivity contribution in [1.29, 1.82) is 0 Å². The van der Waals surface area contributed by atoms with Gasteiger partial charge >= 0.3 is 5.97 Å². The number of hydrogen-bond donors (Lipinski definition) is 2. The number of methoxy groups -OCH3 is 1. The van der Waals surface area contributed by atoms with Gasteiger partial charge in [0.1, 0.15) is 17.1 Å². The van der Waals surface area contributed by atoms with Crippen molar-refractivity contribution in [2.45, 2.75) is 26.3 Å². The van der Waals surface area contributed by atoms with Crippen molar-refractivity contribution in [3.63, 3.8) is 0 Å². The largest absolute Gasteiger partial charge is 0.494 e. The van der Waals surface area contributed by atoms with E-state index in [1.54, 1.807) is 0 Å². The standard InChI is InChI=1S/C18H18FNO6/c1-10-13(18(23)24)8-12(26-10)9-20-17(22)6-4-15(21)11-3-5-16(25-2)14(19)7-11/h3,5,7-8H,4,6,9H2,1-2H3,(H,20,22)(H,23,24). The van der Waals surface area contributed by atoms with Crippen LogP contribution in [0.3, 0.4) is 0 Å². The first-order valence-electron chi connectivity index (χ1n) is 7.78. The molecule has 0 spiro atoms. The van der Waals surface area contributed by atoms with Crippen LogP contribution in [0.4, 0.5) is 4.39 Å². The van der Waals surface area contributed by atoms with Crippen LogP contribution in [0.2, 0.25) is 0 Å². The lowest BCUT2D eigenvalue weighted by molar-refractivity contribution is -0.121. The van der Waals surface area contributed by atoms with E-state index in [0.29, 0.717) is 5.76 Å². The first kappa shape index (κ1) is 19.2. The number of carboxylic acid groups (broad SMARTS) is 1. The zero-order valence-corrected chi connectivity index (χ0v) is 14.3. The van der Waals surface area contributed by atoms with E-state index in [1.165, 1.54) is 32.2 Å². The molecule has 138 valence electrons. The van der Waals surface area contributed by atoms with Gasteiger partial charge in [0.25, 0.3) is 0 Å². The summed E-state index contributed by atoms with van der Waals surface area (Å²) in [5.74, 6) is -1.95. The molecule has 1 heterocycles. The summed E-state index contributed by atoms with van der Waals surface area (Å²) < 4.78 is 23.6. The summed E-state index contributed by atoms with van der Waals surface area (Å²) in [7, 11) is 1.32. The first-order chi connectivity index (χ1) is 12.3. The number of hydrogen-bond acceptors (Lipinski definition) is 5. The van der Waals surface area contributed by atoms with Gasteiger partial charge in [0, 0.05) is 18.4 Å². The molecule has 2 aromatic rings.